The van der Waals surface area contributed by atoms with Crippen molar-refractivity contribution in [3.05, 3.63) is 29.8 Å². The molecule has 1 amide bonds. The van der Waals surface area contributed by atoms with Gasteiger partial charge in [0, 0.05) is 17.0 Å². The van der Waals surface area contributed by atoms with E-state index in [0.717, 1.165) is 4.90 Å². The van der Waals surface area contributed by atoms with Crippen LogP contribution in [0.3, 0.4) is 0 Å². The summed E-state index contributed by atoms with van der Waals surface area (Å²) in [4.78, 5) is 12.5. The van der Waals surface area contributed by atoms with E-state index in [1.807, 2.05) is 18.4 Å². The van der Waals surface area contributed by atoms with E-state index in [0.29, 0.717) is 12.1 Å². The van der Waals surface area contributed by atoms with Crippen LogP contribution in [0.2, 0.25) is 0 Å². The van der Waals surface area contributed by atoms with Crippen molar-refractivity contribution in [2.24, 2.45) is 0 Å². The Kier molecular flexibility index (Phi) is 4.49. The maximum Gasteiger partial charge on any atom is 0.251 e. The Labute approximate surface area is 87.5 Å². The van der Waals surface area contributed by atoms with Gasteiger partial charge in [0.05, 0.1) is 6.61 Å². The zero-order valence-electron chi connectivity index (χ0n) is 7.99. The molecule has 4 heteroatoms. The zero-order valence-corrected chi connectivity index (χ0v) is 8.80. The molecule has 1 aromatic rings. The molecule has 76 valence electrons. The molecule has 1 rings (SSSR count). The predicted molar refractivity (Wildman–Crippen MR) is 57.6 cm³/mol. The van der Waals surface area contributed by atoms with Gasteiger partial charge in [-0.2, -0.15) is 0 Å². The molecule has 0 heterocycles. The molecule has 0 saturated carbocycles. The van der Waals surface area contributed by atoms with Gasteiger partial charge in [0.1, 0.15) is 0 Å². The van der Waals surface area contributed by atoms with Crippen LogP contribution >= 0.6 is 11.8 Å². The number of hydrogen-bond donors (Lipinski definition) is 2. The van der Waals surface area contributed by atoms with Crippen LogP contribution in [0.5, 0.6) is 0 Å². The number of thioether (sulfide) groups is 1. The van der Waals surface area contributed by atoms with Crippen molar-refractivity contribution < 1.29 is 9.90 Å². The largest absolute Gasteiger partial charge is 0.395 e. The number of nitrogens with one attached hydrogen (secondary N) is 1. The molecule has 1 aromatic carbocycles. The number of carbonyl (C=O) groups excluding carboxylic acids is 1. The highest BCUT2D eigenvalue weighted by atomic mass is 32.2. The molecule has 0 bridgehead atoms. The molecule has 14 heavy (non-hydrogen) atoms. The first-order valence-corrected chi connectivity index (χ1v) is 5.53. The molecule has 0 aliphatic heterocycles. The SMILES string of the molecule is CSc1ccc(C(=O)NCCO)cc1. The number of amides is 1. The van der Waals surface area contributed by atoms with Gasteiger partial charge in [0.15, 0.2) is 0 Å². The molecule has 0 aliphatic rings. The molecule has 2 N–H and O–H groups in total. The molecule has 0 fully saturated rings. The second kappa shape index (κ2) is 5.67. The molecule has 0 radical (unpaired) electrons. The summed E-state index contributed by atoms with van der Waals surface area (Å²) in [6, 6.07) is 7.36. The molecule has 0 atom stereocenters. The lowest BCUT2D eigenvalue weighted by Gasteiger charge is -2.03. The highest BCUT2D eigenvalue weighted by Gasteiger charge is 2.03. The van der Waals surface area contributed by atoms with Crippen molar-refractivity contribution in [2.45, 2.75) is 4.90 Å². The number of rotatable bonds is 4. The van der Waals surface area contributed by atoms with E-state index in [9.17, 15) is 4.79 Å². The molecule has 0 aromatic heterocycles. The average Bonchev–Trinajstić information content (AvgIpc) is 2.26. The van der Waals surface area contributed by atoms with Crippen molar-refractivity contribution in [1.82, 2.24) is 5.32 Å². The van der Waals surface area contributed by atoms with Gasteiger partial charge in [0.2, 0.25) is 0 Å². The molecule has 0 unspecified atom stereocenters. The first-order chi connectivity index (χ1) is 6.77. The minimum Gasteiger partial charge on any atom is -0.395 e. The first-order valence-electron chi connectivity index (χ1n) is 4.31. The standard InChI is InChI=1S/C10H13NO2S/c1-14-9-4-2-8(3-5-9)10(13)11-6-7-12/h2-5,12H,6-7H2,1H3,(H,11,13). The van der Waals surface area contributed by atoms with Gasteiger partial charge in [-0.3, -0.25) is 4.79 Å². The number of benzene rings is 1. The Morgan fingerprint density at radius 1 is 1.43 bits per heavy atom. The normalized spacial score (nSPS) is 9.86. The van der Waals surface area contributed by atoms with Crippen LogP contribution in [0.25, 0.3) is 0 Å². The Hall–Kier alpha value is -1.00. The van der Waals surface area contributed by atoms with Gasteiger partial charge in [-0.1, -0.05) is 0 Å². The van der Waals surface area contributed by atoms with Crippen LogP contribution in [0.1, 0.15) is 10.4 Å². The molecule has 0 spiro atoms. The van der Waals surface area contributed by atoms with Gasteiger partial charge in [-0.25, -0.2) is 0 Å². The van der Waals surface area contributed by atoms with Crippen LogP contribution in [-0.4, -0.2) is 30.4 Å². The molecular formula is C10H13NO2S. The van der Waals surface area contributed by atoms with Crippen LogP contribution in [-0.2, 0) is 0 Å². The summed E-state index contributed by atoms with van der Waals surface area (Å²) < 4.78 is 0. The average molecular weight is 211 g/mol. The van der Waals surface area contributed by atoms with E-state index in [2.05, 4.69) is 5.32 Å². The van der Waals surface area contributed by atoms with E-state index < -0.39 is 0 Å². The summed E-state index contributed by atoms with van der Waals surface area (Å²) in [6.07, 6.45) is 1.99. The topological polar surface area (TPSA) is 49.3 Å². The Morgan fingerprint density at radius 3 is 2.57 bits per heavy atom. The first kappa shape index (κ1) is 11.1. The number of carbonyl (C=O) groups is 1. The summed E-state index contributed by atoms with van der Waals surface area (Å²) in [5, 5.41) is 11.1. The monoisotopic (exact) mass is 211 g/mol. The smallest absolute Gasteiger partial charge is 0.251 e. The van der Waals surface area contributed by atoms with Crippen molar-refractivity contribution >= 4 is 17.7 Å². The molecule has 3 nitrogen and oxygen atoms in total. The Balaban J connectivity index is 2.62. The van der Waals surface area contributed by atoms with Crippen molar-refractivity contribution in [3.63, 3.8) is 0 Å². The van der Waals surface area contributed by atoms with Crippen LogP contribution < -0.4 is 5.32 Å². The van der Waals surface area contributed by atoms with Gasteiger partial charge < -0.3 is 10.4 Å². The summed E-state index contributed by atoms with van der Waals surface area (Å²) in [5.74, 6) is -0.147. The fourth-order valence-electron chi connectivity index (χ4n) is 1.01. The van der Waals surface area contributed by atoms with E-state index in [1.54, 1.807) is 23.9 Å². The highest BCUT2D eigenvalue weighted by molar-refractivity contribution is 7.98. The Bertz CT molecular complexity index is 297. The van der Waals surface area contributed by atoms with E-state index in [4.69, 9.17) is 5.11 Å². The van der Waals surface area contributed by atoms with E-state index >= 15 is 0 Å². The molecule has 0 saturated heterocycles. The van der Waals surface area contributed by atoms with Crippen molar-refractivity contribution in [2.75, 3.05) is 19.4 Å². The maximum atomic E-state index is 11.4. The third-order valence-corrected chi connectivity index (χ3v) is 2.49. The fraction of sp³-hybridized carbons (Fsp3) is 0.300. The lowest BCUT2D eigenvalue weighted by Crippen LogP contribution is -2.26. The quantitative estimate of drug-likeness (QED) is 0.734. The summed E-state index contributed by atoms with van der Waals surface area (Å²) >= 11 is 1.64. The van der Waals surface area contributed by atoms with Gasteiger partial charge in [-0.05, 0) is 30.5 Å². The highest BCUT2D eigenvalue weighted by Crippen LogP contribution is 2.14. The van der Waals surface area contributed by atoms with Gasteiger partial charge in [0.25, 0.3) is 5.91 Å². The molecular weight excluding hydrogens is 198 g/mol. The van der Waals surface area contributed by atoms with Crippen molar-refractivity contribution in [3.8, 4) is 0 Å². The lowest BCUT2D eigenvalue weighted by atomic mass is 10.2. The minimum atomic E-state index is -0.147. The van der Waals surface area contributed by atoms with Gasteiger partial charge in [-0.15, -0.1) is 11.8 Å². The number of aliphatic hydroxyl groups is 1. The minimum absolute atomic E-state index is 0.0331. The summed E-state index contributed by atoms with van der Waals surface area (Å²) in [5.41, 5.74) is 0.622. The van der Waals surface area contributed by atoms with Crippen LogP contribution in [0.4, 0.5) is 0 Å². The third kappa shape index (κ3) is 3.05. The molecule has 0 aliphatic carbocycles. The van der Waals surface area contributed by atoms with Crippen LogP contribution in [0, 0.1) is 0 Å². The van der Waals surface area contributed by atoms with E-state index in [1.165, 1.54) is 0 Å². The zero-order chi connectivity index (χ0) is 10.4. The maximum absolute atomic E-state index is 11.4. The second-order valence-corrected chi connectivity index (χ2v) is 3.59. The fourth-order valence-corrected chi connectivity index (χ4v) is 1.42. The van der Waals surface area contributed by atoms with Crippen LogP contribution in [0.15, 0.2) is 29.2 Å². The lowest BCUT2D eigenvalue weighted by molar-refractivity contribution is 0.0944. The summed E-state index contributed by atoms with van der Waals surface area (Å²) in [6.45, 7) is 0.262. The summed E-state index contributed by atoms with van der Waals surface area (Å²) in [7, 11) is 0. The third-order valence-electron chi connectivity index (χ3n) is 1.75. The number of aliphatic hydroxyl groups excluding tert-OH is 1. The second-order valence-electron chi connectivity index (χ2n) is 2.71. The predicted octanol–water partition coefficient (Wildman–Crippen LogP) is 1.13. The number of hydrogen-bond acceptors (Lipinski definition) is 3. The van der Waals surface area contributed by atoms with E-state index in [-0.39, 0.29) is 12.5 Å². The van der Waals surface area contributed by atoms with Gasteiger partial charge >= 0.3 is 0 Å². The Morgan fingerprint density at radius 2 is 2.07 bits per heavy atom. The van der Waals surface area contributed by atoms with Crippen molar-refractivity contribution in [1.29, 1.82) is 0 Å².